The summed E-state index contributed by atoms with van der Waals surface area (Å²) in [6.07, 6.45) is 3.42. The number of para-hydroxylation sites is 1. The SMILES string of the molecule is Cc1ccc(/C=C/C(C#N)(C(=O)OCc2cccc(Oc3ccccc3)n2)C(C)C)cc1. The number of hydrogen-bond acceptors (Lipinski definition) is 5. The van der Waals surface area contributed by atoms with Crippen molar-refractivity contribution < 1.29 is 14.3 Å². The van der Waals surface area contributed by atoms with Crippen LogP contribution in [0.3, 0.4) is 0 Å². The summed E-state index contributed by atoms with van der Waals surface area (Å²) >= 11 is 0. The van der Waals surface area contributed by atoms with Crippen molar-refractivity contribution in [2.75, 3.05) is 0 Å². The van der Waals surface area contributed by atoms with Gasteiger partial charge in [-0.3, -0.25) is 0 Å². The lowest BCUT2D eigenvalue weighted by Gasteiger charge is -2.25. The van der Waals surface area contributed by atoms with Gasteiger partial charge in [0.25, 0.3) is 0 Å². The number of nitriles is 1. The minimum atomic E-state index is -1.40. The van der Waals surface area contributed by atoms with Gasteiger partial charge >= 0.3 is 5.97 Å². The molecule has 0 radical (unpaired) electrons. The second-order valence-corrected chi connectivity index (χ2v) is 7.84. The second kappa shape index (κ2) is 10.4. The number of carbonyl (C=O) groups is 1. The summed E-state index contributed by atoms with van der Waals surface area (Å²) in [5.41, 5.74) is 1.19. The van der Waals surface area contributed by atoms with Crippen molar-refractivity contribution in [2.24, 2.45) is 11.3 Å². The number of rotatable bonds is 8. The first-order valence-electron chi connectivity index (χ1n) is 10.5. The number of hydrogen-bond donors (Lipinski definition) is 0. The van der Waals surface area contributed by atoms with Crippen LogP contribution >= 0.6 is 0 Å². The molecule has 0 saturated carbocycles. The fourth-order valence-corrected chi connectivity index (χ4v) is 3.08. The van der Waals surface area contributed by atoms with E-state index in [2.05, 4.69) is 11.1 Å². The van der Waals surface area contributed by atoms with Crippen LogP contribution in [0.5, 0.6) is 11.6 Å². The van der Waals surface area contributed by atoms with Gasteiger partial charge in [-0.1, -0.05) is 80.1 Å². The molecular weight excluding hydrogens is 400 g/mol. The zero-order chi connectivity index (χ0) is 23.0. The molecule has 0 bridgehead atoms. The minimum Gasteiger partial charge on any atom is -0.458 e. The van der Waals surface area contributed by atoms with Crippen molar-refractivity contribution in [1.82, 2.24) is 4.98 Å². The summed E-state index contributed by atoms with van der Waals surface area (Å²) < 4.78 is 11.3. The average molecular weight is 427 g/mol. The Labute approximate surface area is 189 Å². The highest BCUT2D eigenvalue weighted by Gasteiger charge is 2.41. The maximum absolute atomic E-state index is 13.0. The van der Waals surface area contributed by atoms with Gasteiger partial charge in [0, 0.05) is 6.07 Å². The number of carbonyl (C=O) groups excluding carboxylic acids is 1. The van der Waals surface area contributed by atoms with E-state index in [1.54, 1.807) is 30.4 Å². The Hall–Kier alpha value is -3.91. The largest absolute Gasteiger partial charge is 0.458 e. The molecule has 1 unspecified atom stereocenters. The molecular formula is C27H26N2O3. The summed E-state index contributed by atoms with van der Waals surface area (Å²) in [7, 11) is 0. The zero-order valence-electron chi connectivity index (χ0n) is 18.5. The van der Waals surface area contributed by atoms with E-state index in [9.17, 15) is 10.1 Å². The van der Waals surface area contributed by atoms with Crippen LogP contribution in [0.25, 0.3) is 6.08 Å². The Bertz CT molecular complexity index is 1120. The van der Waals surface area contributed by atoms with Crippen LogP contribution in [0.15, 0.2) is 78.9 Å². The van der Waals surface area contributed by atoms with Crippen molar-refractivity contribution in [1.29, 1.82) is 5.26 Å². The van der Waals surface area contributed by atoms with Crippen LogP contribution in [0.2, 0.25) is 0 Å². The van der Waals surface area contributed by atoms with Gasteiger partial charge in [-0.2, -0.15) is 5.26 Å². The molecule has 0 spiro atoms. The molecule has 5 heteroatoms. The Morgan fingerprint density at radius 3 is 2.44 bits per heavy atom. The maximum atomic E-state index is 13.0. The number of benzene rings is 2. The summed E-state index contributed by atoms with van der Waals surface area (Å²) in [5.74, 6) is 0.190. The number of esters is 1. The van der Waals surface area contributed by atoms with Gasteiger partial charge in [0.2, 0.25) is 5.88 Å². The molecule has 3 aromatic rings. The number of aromatic nitrogens is 1. The third-order valence-electron chi connectivity index (χ3n) is 5.15. The molecule has 0 N–H and O–H groups in total. The number of ether oxygens (including phenoxy) is 2. The predicted molar refractivity (Wildman–Crippen MR) is 124 cm³/mol. The highest BCUT2D eigenvalue weighted by Crippen LogP contribution is 2.32. The standard InChI is InChI=1S/C27H26N2O3/c1-20(2)27(19-28,17-16-22-14-12-21(3)13-15-22)26(30)31-18-23-8-7-11-25(29-23)32-24-9-5-4-6-10-24/h4-17,20H,18H2,1-3H3/b17-16+. The quantitative estimate of drug-likeness (QED) is 0.407. The number of aryl methyl sites for hydroxylation is 1. The van der Waals surface area contributed by atoms with Crippen LogP contribution in [0, 0.1) is 29.6 Å². The molecule has 1 heterocycles. The summed E-state index contributed by atoms with van der Waals surface area (Å²) in [5, 5.41) is 9.91. The highest BCUT2D eigenvalue weighted by molar-refractivity contribution is 5.84. The van der Waals surface area contributed by atoms with Crippen LogP contribution in [0.4, 0.5) is 0 Å². The summed E-state index contributed by atoms with van der Waals surface area (Å²) in [6.45, 7) is 5.61. The van der Waals surface area contributed by atoms with E-state index in [1.807, 2.05) is 75.4 Å². The minimum absolute atomic E-state index is 0.0562. The number of nitrogens with zero attached hydrogens (tertiary/aromatic N) is 2. The molecule has 0 amide bonds. The first-order valence-corrected chi connectivity index (χ1v) is 10.5. The first kappa shape index (κ1) is 22.8. The molecule has 162 valence electrons. The van der Waals surface area contributed by atoms with Crippen LogP contribution in [0.1, 0.15) is 30.7 Å². The lowest BCUT2D eigenvalue weighted by Crippen LogP contribution is -2.34. The third kappa shape index (κ3) is 5.61. The normalized spacial score (nSPS) is 12.8. The summed E-state index contributed by atoms with van der Waals surface area (Å²) in [6, 6.07) is 24.6. The predicted octanol–water partition coefficient (Wildman–Crippen LogP) is 6.10. The third-order valence-corrected chi connectivity index (χ3v) is 5.15. The van der Waals surface area contributed by atoms with E-state index >= 15 is 0 Å². The molecule has 2 aromatic carbocycles. The molecule has 1 atom stereocenters. The van der Waals surface area contributed by atoms with Gasteiger partial charge in [0.1, 0.15) is 12.4 Å². The topological polar surface area (TPSA) is 72.2 Å². The molecule has 3 rings (SSSR count). The van der Waals surface area contributed by atoms with Gasteiger partial charge in [0.15, 0.2) is 5.41 Å². The van der Waals surface area contributed by atoms with Gasteiger partial charge < -0.3 is 9.47 Å². The van der Waals surface area contributed by atoms with Crippen molar-refractivity contribution in [3.8, 4) is 17.7 Å². The Kier molecular flexibility index (Phi) is 7.41. The van der Waals surface area contributed by atoms with Gasteiger partial charge in [0.05, 0.1) is 11.8 Å². The summed E-state index contributed by atoms with van der Waals surface area (Å²) in [4.78, 5) is 17.4. The van der Waals surface area contributed by atoms with Crippen molar-refractivity contribution in [3.05, 3.63) is 95.7 Å². The fraction of sp³-hybridized carbons (Fsp3) is 0.222. The van der Waals surface area contributed by atoms with Crippen LogP contribution in [-0.4, -0.2) is 11.0 Å². The smallest absolute Gasteiger partial charge is 0.331 e. The zero-order valence-corrected chi connectivity index (χ0v) is 18.5. The van der Waals surface area contributed by atoms with Gasteiger partial charge in [-0.15, -0.1) is 0 Å². The first-order chi connectivity index (χ1) is 15.4. The van der Waals surface area contributed by atoms with E-state index in [1.165, 1.54) is 0 Å². The van der Waals surface area contributed by atoms with E-state index in [4.69, 9.17) is 9.47 Å². The molecule has 0 fully saturated rings. The van der Waals surface area contributed by atoms with E-state index < -0.39 is 11.4 Å². The Morgan fingerprint density at radius 1 is 1.06 bits per heavy atom. The average Bonchev–Trinajstić information content (AvgIpc) is 2.80. The van der Waals surface area contributed by atoms with E-state index in [0.29, 0.717) is 17.3 Å². The molecule has 32 heavy (non-hydrogen) atoms. The van der Waals surface area contributed by atoms with Crippen molar-refractivity contribution >= 4 is 12.0 Å². The molecule has 0 aliphatic rings. The molecule has 1 aromatic heterocycles. The van der Waals surface area contributed by atoms with Crippen LogP contribution in [-0.2, 0) is 16.1 Å². The lowest BCUT2D eigenvalue weighted by molar-refractivity contribution is -0.153. The van der Waals surface area contributed by atoms with Crippen molar-refractivity contribution in [3.63, 3.8) is 0 Å². The number of pyridine rings is 1. The van der Waals surface area contributed by atoms with Gasteiger partial charge in [-0.05, 0) is 36.6 Å². The fourth-order valence-electron chi connectivity index (χ4n) is 3.08. The van der Waals surface area contributed by atoms with E-state index in [-0.39, 0.29) is 12.5 Å². The molecule has 0 aliphatic carbocycles. The monoisotopic (exact) mass is 426 g/mol. The molecule has 0 saturated heterocycles. The molecule has 5 nitrogen and oxygen atoms in total. The lowest BCUT2D eigenvalue weighted by atomic mass is 9.78. The van der Waals surface area contributed by atoms with E-state index in [0.717, 1.165) is 11.1 Å². The Balaban J connectivity index is 1.72. The maximum Gasteiger partial charge on any atom is 0.331 e. The van der Waals surface area contributed by atoms with Crippen LogP contribution < -0.4 is 4.74 Å². The molecule has 0 aliphatic heterocycles. The Morgan fingerprint density at radius 2 is 1.78 bits per heavy atom. The second-order valence-electron chi connectivity index (χ2n) is 7.84. The highest BCUT2D eigenvalue weighted by atomic mass is 16.5. The van der Waals surface area contributed by atoms with Crippen molar-refractivity contribution in [2.45, 2.75) is 27.4 Å². The van der Waals surface area contributed by atoms with Gasteiger partial charge in [-0.25, -0.2) is 9.78 Å².